The quantitative estimate of drug-likeness (QED) is 0.689. The number of aromatic nitrogens is 1. The minimum atomic E-state index is -3.51. The van der Waals surface area contributed by atoms with Crippen LogP contribution in [-0.4, -0.2) is 32.1 Å². The van der Waals surface area contributed by atoms with Crippen molar-refractivity contribution in [1.29, 1.82) is 0 Å². The number of benzene rings is 2. The van der Waals surface area contributed by atoms with Crippen molar-refractivity contribution in [1.82, 2.24) is 4.98 Å². The number of anilines is 2. The molecule has 3 rings (SSSR count). The number of sulfonamides is 1. The van der Waals surface area contributed by atoms with Crippen LogP contribution >= 0.6 is 0 Å². The molecule has 1 N–H and O–H groups in total. The van der Waals surface area contributed by atoms with E-state index in [9.17, 15) is 13.2 Å². The van der Waals surface area contributed by atoms with Gasteiger partial charge in [-0.15, -0.1) is 0 Å². The highest BCUT2D eigenvalue weighted by molar-refractivity contribution is 7.92. The summed E-state index contributed by atoms with van der Waals surface area (Å²) >= 11 is 0. The van der Waals surface area contributed by atoms with Gasteiger partial charge in [-0.3, -0.25) is 14.1 Å². The summed E-state index contributed by atoms with van der Waals surface area (Å²) in [7, 11) is -3.51. The molecule has 0 bridgehead atoms. The minimum absolute atomic E-state index is 0.0310. The Morgan fingerprint density at radius 1 is 1.07 bits per heavy atom. The molecule has 0 fully saturated rings. The zero-order chi connectivity index (χ0) is 20.3. The second-order valence-corrected chi connectivity index (χ2v) is 8.69. The van der Waals surface area contributed by atoms with Gasteiger partial charge in [0.25, 0.3) is 0 Å². The third kappa shape index (κ3) is 4.48. The molecule has 0 unspecified atom stereocenters. The molecular formula is C21H23N3O3S. The highest BCUT2D eigenvalue weighted by Gasteiger charge is 2.19. The fourth-order valence-corrected chi connectivity index (χ4v) is 3.91. The van der Waals surface area contributed by atoms with Crippen molar-refractivity contribution in [3.63, 3.8) is 0 Å². The van der Waals surface area contributed by atoms with Crippen molar-refractivity contribution < 1.29 is 13.2 Å². The Morgan fingerprint density at radius 2 is 1.82 bits per heavy atom. The predicted octanol–water partition coefficient (Wildman–Crippen LogP) is 3.65. The number of amides is 1. The van der Waals surface area contributed by atoms with Crippen molar-refractivity contribution in [2.45, 2.75) is 20.3 Å². The molecule has 3 aromatic rings. The summed E-state index contributed by atoms with van der Waals surface area (Å²) in [5, 5.41) is 3.77. The first-order valence-electron chi connectivity index (χ1n) is 8.94. The Balaban J connectivity index is 1.76. The van der Waals surface area contributed by atoms with E-state index < -0.39 is 10.0 Å². The second kappa shape index (κ2) is 7.98. The molecular weight excluding hydrogens is 374 g/mol. The summed E-state index contributed by atoms with van der Waals surface area (Å²) in [5.41, 5.74) is 3.95. The molecule has 0 atom stereocenters. The smallest absolute Gasteiger partial charge is 0.232 e. The number of carbonyl (C=O) groups excluding carboxylic acids is 1. The van der Waals surface area contributed by atoms with Gasteiger partial charge in [-0.1, -0.05) is 24.3 Å². The molecule has 146 valence electrons. The van der Waals surface area contributed by atoms with Crippen LogP contribution in [0.4, 0.5) is 11.4 Å². The van der Waals surface area contributed by atoms with Crippen LogP contribution in [0.1, 0.15) is 17.5 Å². The number of rotatable bonds is 6. The maximum Gasteiger partial charge on any atom is 0.232 e. The lowest BCUT2D eigenvalue weighted by atomic mass is 10.1. The van der Waals surface area contributed by atoms with Crippen LogP contribution in [0.5, 0.6) is 0 Å². The van der Waals surface area contributed by atoms with E-state index in [0.717, 1.165) is 22.8 Å². The van der Waals surface area contributed by atoms with E-state index in [1.165, 1.54) is 4.31 Å². The second-order valence-electron chi connectivity index (χ2n) is 6.78. The van der Waals surface area contributed by atoms with Crippen molar-refractivity contribution >= 4 is 38.2 Å². The number of carbonyl (C=O) groups is 1. The first-order chi connectivity index (χ1) is 13.3. The highest BCUT2D eigenvalue weighted by Crippen LogP contribution is 2.23. The maximum atomic E-state index is 12.5. The number of fused-ring (bicyclic) bond motifs is 1. The van der Waals surface area contributed by atoms with Crippen molar-refractivity contribution in [3.8, 4) is 0 Å². The molecule has 0 saturated carbocycles. The summed E-state index contributed by atoms with van der Waals surface area (Å²) < 4.78 is 25.8. The first kappa shape index (κ1) is 19.8. The van der Waals surface area contributed by atoms with Gasteiger partial charge >= 0.3 is 0 Å². The van der Waals surface area contributed by atoms with Crippen LogP contribution in [0.25, 0.3) is 10.9 Å². The van der Waals surface area contributed by atoms with Crippen LogP contribution in [-0.2, 0) is 14.8 Å². The number of para-hydroxylation sites is 1. The Labute approximate surface area is 165 Å². The Hall–Kier alpha value is -2.93. The van der Waals surface area contributed by atoms with Crippen LogP contribution in [0.15, 0.2) is 54.7 Å². The molecule has 1 amide bonds. The summed E-state index contributed by atoms with van der Waals surface area (Å²) in [6.45, 7) is 3.96. The Morgan fingerprint density at radius 3 is 2.54 bits per heavy atom. The lowest BCUT2D eigenvalue weighted by Gasteiger charge is -2.23. The van der Waals surface area contributed by atoms with Gasteiger partial charge in [-0.2, -0.15) is 0 Å². The van der Waals surface area contributed by atoms with Crippen LogP contribution in [0.2, 0.25) is 0 Å². The highest BCUT2D eigenvalue weighted by atomic mass is 32.2. The number of hydrogen-bond acceptors (Lipinski definition) is 4. The van der Waals surface area contributed by atoms with E-state index in [-0.39, 0.29) is 18.9 Å². The van der Waals surface area contributed by atoms with E-state index in [1.54, 1.807) is 18.3 Å². The normalized spacial score (nSPS) is 11.4. The van der Waals surface area contributed by atoms with Gasteiger partial charge < -0.3 is 5.32 Å². The molecule has 28 heavy (non-hydrogen) atoms. The van der Waals surface area contributed by atoms with E-state index in [0.29, 0.717) is 16.9 Å². The molecule has 0 spiro atoms. The van der Waals surface area contributed by atoms with Gasteiger partial charge in [0.05, 0.1) is 23.1 Å². The molecule has 0 aliphatic carbocycles. The number of nitrogens with zero attached hydrogens (tertiary/aromatic N) is 2. The van der Waals surface area contributed by atoms with Crippen LogP contribution in [0, 0.1) is 13.8 Å². The fraction of sp³-hybridized carbons (Fsp3) is 0.238. The number of hydrogen-bond donors (Lipinski definition) is 1. The number of aryl methyl sites for hydroxylation is 2. The zero-order valence-electron chi connectivity index (χ0n) is 16.1. The van der Waals surface area contributed by atoms with E-state index >= 15 is 0 Å². The van der Waals surface area contributed by atoms with Crippen molar-refractivity contribution in [3.05, 3.63) is 65.9 Å². The molecule has 1 heterocycles. The Bertz CT molecular complexity index is 1120. The molecule has 1 aromatic heterocycles. The SMILES string of the molecule is Cc1ccc(N(CCC(=O)Nc2cccc3cccnc23)S(C)(=O)=O)cc1C. The van der Waals surface area contributed by atoms with Gasteiger partial charge in [-0.25, -0.2) is 8.42 Å². The van der Waals surface area contributed by atoms with Crippen molar-refractivity contribution in [2.24, 2.45) is 0 Å². The number of pyridine rings is 1. The number of nitrogens with one attached hydrogen (secondary N) is 1. The monoisotopic (exact) mass is 397 g/mol. The average Bonchev–Trinajstić information content (AvgIpc) is 2.64. The molecule has 2 aromatic carbocycles. The molecule has 0 radical (unpaired) electrons. The standard InChI is InChI=1S/C21H23N3O3S/c1-15-9-10-18(14-16(15)2)24(28(3,26)27)13-11-20(25)23-19-8-4-6-17-7-5-12-22-21(17)19/h4-10,12,14H,11,13H2,1-3H3,(H,23,25). The molecule has 6 nitrogen and oxygen atoms in total. The first-order valence-corrected chi connectivity index (χ1v) is 10.8. The molecule has 7 heteroatoms. The van der Waals surface area contributed by atoms with Gasteiger partial charge in [0.1, 0.15) is 0 Å². The van der Waals surface area contributed by atoms with E-state index in [1.807, 2.05) is 50.2 Å². The largest absolute Gasteiger partial charge is 0.324 e. The summed E-state index contributed by atoms with van der Waals surface area (Å²) in [6, 6.07) is 14.8. The van der Waals surface area contributed by atoms with E-state index in [4.69, 9.17) is 0 Å². The van der Waals surface area contributed by atoms with Gasteiger partial charge in [0.15, 0.2) is 0 Å². The molecule has 0 aliphatic heterocycles. The lowest BCUT2D eigenvalue weighted by molar-refractivity contribution is -0.116. The summed E-state index contributed by atoms with van der Waals surface area (Å²) in [6.07, 6.45) is 2.85. The van der Waals surface area contributed by atoms with Gasteiger partial charge in [-0.05, 0) is 49.2 Å². The van der Waals surface area contributed by atoms with Crippen molar-refractivity contribution in [2.75, 3.05) is 22.4 Å². The van der Waals surface area contributed by atoms with Gasteiger partial charge in [0, 0.05) is 24.5 Å². The van der Waals surface area contributed by atoms with Gasteiger partial charge in [0.2, 0.25) is 15.9 Å². The average molecular weight is 398 g/mol. The third-order valence-electron chi connectivity index (χ3n) is 4.63. The van der Waals surface area contributed by atoms with E-state index in [2.05, 4.69) is 10.3 Å². The fourth-order valence-electron chi connectivity index (χ4n) is 2.99. The minimum Gasteiger partial charge on any atom is -0.324 e. The maximum absolute atomic E-state index is 12.5. The Kier molecular flexibility index (Phi) is 5.65. The molecule has 0 aliphatic rings. The summed E-state index contributed by atoms with van der Waals surface area (Å²) in [5.74, 6) is -0.268. The van der Waals surface area contributed by atoms with Crippen LogP contribution < -0.4 is 9.62 Å². The predicted molar refractivity (Wildman–Crippen MR) is 113 cm³/mol. The molecule has 0 saturated heterocycles. The summed E-state index contributed by atoms with van der Waals surface area (Å²) in [4.78, 5) is 16.8. The van der Waals surface area contributed by atoms with Crippen LogP contribution in [0.3, 0.4) is 0 Å². The topological polar surface area (TPSA) is 79.4 Å². The zero-order valence-corrected chi connectivity index (χ0v) is 17.0. The third-order valence-corrected chi connectivity index (χ3v) is 5.82. The lowest BCUT2D eigenvalue weighted by Crippen LogP contribution is -2.33.